The summed E-state index contributed by atoms with van der Waals surface area (Å²) in [5.41, 5.74) is 0. The van der Waals surface area contributed by atoms with E-state index in [-0.39, 0.29) is 6.54 Å². The number of alkyl halides is 3. The average Bonchev–Trinajstić information content (AvgIpc) is 2.13. The van der Waals surface area contributed by atoms with Crippen LogP contribution in [0.3, 0.4) is 0 Å². The van der Waals surface area contributed by atoms with Crippen molar-refractivity contribution in [2.45, 2.75) is 32.5 Å². The van der Waals surface area contributed by atoms with Crippen molar-refractivity contribution in [3.8, 4) is 0 Å². The third kappa shape index (κ3) is 5.61. The first-order chi connectivity index (χ1) is 6.81. The van der Waals surface area contributed by atoms with Crippen molar-refractivity contribution in [3.05, 3.63) is 0 Å². The van der Waals surface area contributed by atoms with Gasteiger partial charge in [-0.3, -0.25) is 4.79 Å². The van der Waals surface area contributed by atoms with Crippen LogP contribution in [-0.4, -0.2) is 43.2 Å². The van der Waals surface area contributed by atoms with Gasteiger partial charge in [-0.1, -0.05) is 6.92 Å². The molecule has 15 heavy (non-hydrogen) atoms. The molecule has 1 N–H and O–H groups in total. The maximum absolute atomic E-state index is 12.1. The van der Waals surface area contributed by atoms with Gasteiger partial charge < -0.3 is 10.2 Å². The molecule has 0 aromatic carbocycles. The van der Waals surface area contributed by atoms with E-state index >= 15 is 0 Å². The van der Waals surface area contributed by atoms with E-state index in [0.717, 1.165) is 4.90 Å². The van der Waals surface area contributed by atoms with Crippen molar-refractivity contribution in [1.82, 2.24) is 10.2 Å². The topological polar surface area (TPSA) is 32.3 Å². The van der Waals surface area contributed by atoms with Crippen molar-refractivity contribution >= 4 is 5.91 Å². The number of hydrogen-bond donors (Lipinski definition) is 1. The quantitative estimate of drug-likeness (QED) is 0.768. The molecule has 0 aliphatic carbocycles. The van der Waals surface area contributed by atoms with Crippen molar-refractivity contribution < 1.29 is 18.0 Å². The molecule has 0 spiro atoms. The van der Waals surface area contributed by atoms with Crippen molar-refractivity contribution in [2.75, 3.05) is 20.1 Å². The Balaban J connectivity index is 4.45. The Hall–Kier alpha value is -0.780. The van der Waals surface area contributed by atoms with E-state index < -0.39 is 24.7 Å². The maximum atomic E-state index is 12.1. The third-order valence-electron chi connectivity index (χ3n) is 1.98. The van der Waals surface area contributed by atoms with Gasteiger partial charge in [0.1, 0.15) is 6.54 Å². The Morgan fingerprint density at radius 3 is 2.33 bits per heavy atom. The highest BCUT2D eigenvalue weighted by molar-refractivity contribution is 5.81. The smallest absolute Gasteiger partial charge is 0.332 e. The van der Waals surface area contributed by atoms with Gasteiger partial charge in [-0.05, 0) is 20.4 Å². The minimum Gasteiger partial charge on any atom is -0.332 e. The van der Waals surface area contributed by atoms with Gasteiger partial charge in [-0.2, -0.15) is 13.2 Å². The summed E-state index contributed by atoms with van der Waals surface area (Å²) in [5, 5.41) is 2.63. The molecule has 1 unspecified atom stereocenters. The van der Waals surface area contributed by atoms with E-state index in [1.807, 2.05) is 0 Å². The van der Waals surface area contributed by atoms with Crippen LogP contribution in [0.5, 0.6) is 0 Å². The molecule has 6 heteroatoms. The van der Waals surface area contributed by atoms with E-state index in [1.165, 1.54) is 0 Å². The number of nitrogens with one attached hydrogen (secondary N) is 1. The van der Waals surface area contributed by atoms with Crippen molar-refractivity contribution in [1.29, 1.82) is 0 Å². The fraction of sp³-hybridized carbons (Fsp3) is 0.889. The van der Waals surface area contributed by atoms with Crippen LogP contribution in [0, 0.1) is 0 Å². The van der Waals surface area contributed by atoms with Gasteiger partial charge in [0.05, 0.1) is 6.04 Å². The summed E-state index contributed by atoms with van der Waals surface area (Å²) in [4.78, 5) is 12.3. The van der Waals surface area contributed by atoms with E-state index in [4.69, 9.17) is 0 Å². The zero-order valence-corrected chi connectivity index (χ0v) is 9.19. The van der Waals surface area contributed by atoms with Crippen LogP contribution >= 0.6 is 0 Å². The summed E-state index contributed by atoms with van der Waals surface area (Å²) in [5.74, 6) is -0.517. The van der Waals surface area contributed by atoms with E-state index in [9.17, 15) is 18.0 Å². The molecular formula is C9H17F3N2O. The van der Waals surface area contributed by atoms with E-state index in [0.29, 0.717) is 6.42 Å². The Bertz CT molecular complexity index is 206. The van der Waals surface area contributed by atoms with Gasteiger partial charge in [0.15, 0.2) is 0 Å². The summed E-state index contributed by atoms with van der Waals surface area (Å²) in [7, 11) is 1.54. The van der Waals surface area contributed by atoms with Crippen LogP contribution in [0.25, 0.3) is 0 Å². The molecule has 1 amide bonds. The lowest BCUT2D eigenvalue weighted by Gasteiger charge is -2.26. The lowest BCUT2D eigenvalue weighted by Crippen LogP contribution is -2.47. The summed E-state index contributed by atoms with van der Waals surface area (Å²) < 4.78 is 36.4. The second kappa shape index (κ2) is 5.95. The van der Waals surface area contributed by atoms with Gasteiger partial charge >= 0.3 is 6.18 Å². The highest BCUT2D eigenvalue weighted by Gasteiger charge is 2.33. The molecule has 0 saturated carbocycles. The highest BCUT2D eigenvalue weighted by atomic mass is 19.4. The molecule has 0 aliphatic heterocycles. The van der Waals surface area contributed by atoms with Gasteiger partial charge in [0, 0.05) is 6.54 Å². The first-order valence-electron chi connectivity index (χ1n) is 4.84. The molecule has 0 aromatic heterocycles. The molecule has 0 heterocycles. The Morgan fingerprint density at radius 2 is 2.00 bits per heavy atom. The zero-order valence-electron chi connectivity index (χ0n) is 9.19. The number of hydrogen-bond acceptors (Lipinski definition) is 2. The van der Waals surface area contributed by atoms with Crippen LogP contribution in [0.1, 0.15) is 20.3 Å². The summed E-state index contributed by atoms with van der Waals surface area (Å²) in [6.45, 7) is 2.23. The van der Waals surface area contributed by atoms with Crippen LogP contribution in [0.15, 0.2) is 0 Å². The number of carbonyl (C=O) groups is 1. The zero-order chi connectivity index (χ0) is 12.1. The Kier molecular flexibility index (Phi) is 5.64. The molecule has 0 saturated heterocycles. The summed E-state index contributed by atoms with van der Waals surface area (Å²) in [6, 6.07) is -0.584. The Morgan fingerprint density at radius 1 is 1.47 bits per heavy atom. The minimum absolute atomic E-state index is 0.129. The number of nitrogens with zero attached hydrogens (tertiary/aromatic N) is 1. The van der Waals surface area contributed by atoms with Crippen LogP contribution < -0.4 is 5.32 Å². The van der Waals surface area contributed by atoms with Gasteiger partial charge in [0.25, 0.3) is 0 Å². The molecule has 0 fully saturated rings. The largest absolute Gasteiger partial charge is 0.406 e. The lowest BCUT2D eigenvalue weighted by atomic mass is 10.2. The van der Waals surface area contributed by atoms with Crippen molar-refractivity contribution in [3.63, 3.8) is 0 Å². The van der Waals surface area contributed by atoms with Gasteiger partial charge in [-0.15, -0.1) is 0 Å². The molecule has 0 aromatic rings. The summed E-state index contributed by atoms with van der Waals surface area (Å²) in [6.07, 6.45) is -3.82. The third-order valence-corrected chi connectivity index (χ3v) is 1.98. The SMILES string of the molecule is CCCN(CC(F)(F)F)C(=O)C(C)NC. The maximum Gasteiger partial charge on any atom is 0.406 e. The molecule has 0 aliphatic rings. The lowest BCUT2D eigenvalue weighted by molar-refractivity contribution is -0.162. The number of likely N-dealkylation sites (N-methyl/N-ethyl adjacent to an activating group) is 1. The number of halogens is 3. The molecule has 0 rings (SSSR count). The van der Waals surface area contributed by atoms with E-state index in [1.54, 1.807) is 20.9 Å². The molecule has 0 bridgehead atoms. The Labute approximate surface area is 87.6 Å². The molecule has 1 atom stereocenters. The second-order valence-corrected chi connectivity index (χ2v) is 3.39. The monoisotopic (exact) mass is 226 g/mol. The van der Waals surface area contributed by atoms with E-state index in [2.05, 4.69) is 5.32 Å². The number of carbonyl (C=O) groups excluding carboxylic acids is 1. The first kappa shape index (κ1) is 14.2. The normalized spacial score (nSPS) is 13.7. The van der Waals surface area contributed by atoms with Crippen molar-refractivity contribution in [2.24, 2.45) is 0 Å². The fourth-order valence-corrected chi connectivity index (χ4v) is 1.15. The average molecular weight is 226 g/mol. The van der Waals surface area contributed by atoms with Crippen LogP contribution in [0.4, 0.5) is 13.2 Å². The van der Waals surface area contributed by atoms with Gasteiger partial charge in [0.2, 0.25) is 5.91 Å². The number of amides is 1. The number of rotatable bonds is 5. The predicted molar refractivity (Wildman–Crippen MR) is 51.4 cm³/mol. The van der Waals surface area contributed by atoms with Gasteiger partial charge in [-0.25, -0.2) is 0 Å². The molecule has 3 nitrogen and oxygen atoms in total. The first-order valence-corrected chi connectivity index (χ1v) is 4.84. The van der Waals surface area contributed by atoms with Crippen LogP contribution in [-0.2, 0) is 4.79 Å². The standard InChI is InChI=1S/C9H17F3N2O/c1-4-5-14(6-9(10,11)12)8(15)7(2)13-3/h7,13H,4-6H2,1-3H3. The fourth-order valence-electron chi connectivity index (χ4n) is 1.15. The molecular weight excluding hydrogens is 209 g/mol. The predicted octanol–water partition coefficient (Wildman–Crippen LogP) is 1.40. The van der Waals surface area contributed by atoms with Crippen LogP contribution in [0.2, 0.25) is 0 Å². The summed E-state index contributed by atoms with van der Waals surface area (Å²) >= 11 is 0. The second-order valence-electron chi connectivity index (χ2n) is 3.39. The minimum atomic E-state index is -4.34. The molecule has 90 valence electrons. The molecule has 0 radical (unpaired) electrons. The highest BCUT2D eigenvalue weighted by Crippen LogP contribution is 2.17.